The Bertz CT molecular complexity index is 475. The first kappa shape index (κ1) is 15.4. The van der Waals surface area contributed by atoms with Crippen LogP contribution in [0, 0.1) is 6.92 Å². The molecule has 2 amide bonds. The van der Waals surface area contributed by atoms with E-state index in [2.05, 4.69) is 10.6 Å². The van der Waals surface area contributed by atoms with Gasteiger partial charge in [0.1, 0.15) is 5.75 Å². The minimum absolute atomic E-state index is 0.0173. The van der Waals surface area contributed by atoms with Gasteiger partial charge in [0.05, 0.1) is 6.61 Å². The van der Waals surface area contributed by atoms with Gasteiger partial charge in [-0.1, -0.05) is 17.7 Å². The molecule has 1 unspecified atom stereocenters. The van der Waals surface area contributed by atoms with E-state index in [-0.39, 0.29) is 17.9 Å². The molecule has 0 bridgehead atoms. The zero-order valence-electron chi connectivity index (χ0n) is 12.4. The van der Waals surface area contributed by atoms with Gasteiger partial charge >= 0.3 is 0 Å². The lowest BCUT2D eigenvalue weighted by molar-refractivity contribution is -0.125. The lowest BCUT2D eigenvalue weighted by atomic mass is 10.1. The molecule has 0 saturated carbocycles. The molecule has 2 N–H and O–H groups in total. The quantitative estimate of drug-likeness (QED) is 0.781. The van der Waals surface area contributed by atoms with Gasteiger partial charge in [-0.05, 0) is 31.9 Å². The fraction of sp³-hybridized carbons (Fsp3) is 0.500. The maximum absolute atomic E-state index is 11.8. The van der Waals surface area contributed by atoms with Crippen LogP contribution in [0.4, 0.5) is 0 Å². The molecule has 21 heavy (non-hydrogen) atoms. The highest BCUT2D eigenvalue weighted by molar-refractivity contribution is 5.78. The monoisotopic (exact) mass is 290 g/mol. The molecule has 0 spiro atoms. The summed E-state index contributed by atoms with van der Waals surface area (Å²) in [6.07, 6.45) is 2.33. The van der Waals surface area contributed by atoms with E-state index >= 15 is 0 Å². The number of hydrogen-bond acceptors (Lipinski definition) is 3. The average molecular weight is 290 g/mol. The highest BCUT2D eigenvalue weighted by Gasteiger charge is 2.19. The highest BCUT2D eigenvalue weighted by Crippen LogP contribution is 2.11. The first-order valence-corrected chi connectivity index (χ1v) is 7.39. The number of ether oxygens (including phenoxy) is 1. The van der Waals surface area contributed by atoms with Crippen LogP contribution in [0.1, 0.15) is 31.2 Å². The molecule has 5 heteroatoms. The van der Waals surface area contributed by atoms with Crippen molar-refractivity contribution in [1.29, 1.82) is 0 Å². The predicted octanol–water partition coefficient (Wildman–Crippen LogP) is 1.55. The molecule has 1 aromatic carbocycles. The predicted molar refractivity (Wildman–Crippen MR) is 80.1 cm³/mol. The highest BCUT2D eigenvalue weighted by atomic mass is 16.5. The fourth-order valence-electron chi connectivity index (χ4n) is 2.21. The molecule has 1 saturated heterocycles. The molecule has 1 aliphatic heterocycles. The molecule has 1 atom stereocenters. The molecule has 2 rings (SSSR count). The van der Waals surface area contributed by atoms with Crippen molar-refractivity contribution in [2.45, 2.75) is 38.6 Å². The van der Waals surface area contributed by atoms with Crippen LogP contribution in [-0.2, 0) is 9.59 Å². The molecule has 1 fully saturated rings. The average Bonchev–Trinajstić information content (AvgIpc) is 2.48. The maximum Gasteiger partial charge on any atom is 0.220 e. The Morgan fingerprint density at radius 2 is 2.14 bits per heavy atom. The summed E-state index contributed by atoms with van der Waals surface area (Å²) < 4.78 is 5.58. The standard InChI is InChI=1S/C16H22N2O3/c1-12-4-7-14(8-5-12)21-10-2-3-16(20)18-13-6-9-15(19)17-11-13/h4-5,7-8,13H,2-3,6,9-11H2,1H3,(H,17,19)(H,18,20). The Labute approximate surface area is 125 Å². The third-order valence-electron chi connectivity index (χ3n) is 3.47. The zero-order valence-corrected chi connectivity index (χ0v) is 12.4. The van der Waals surface area contributed by atoms with Gasteiger partial charge in [-0.3, -0.25) is 9.59 Å². The smallest absolute Gasteiger partial charge is 0.220 e. The first-order chi connectivity index (χ1) is 10.1. The van der Waals surface area contributed by atoms with E-state index < -0.39 is 0 Å². The number of benzene rings is 1. The van der Waals surface area contributed by atoms with Crippen molar-refractivity contribution in [2.24, 2.45) is 0 Å². The topological polar surface area (TPSA) is 67.4 Å². The Balaban J connectivity index is 1.59. The van der Waals surface area contributed by atoms with Gasteiger partial charge in [-0.2, -0.15) is 0 Å². The summed E-state index contributed by atoms with van der Waals surface area (Å²) in [6.45, 7) is 3.09. The van der Waals surface area contributed by atoms with Gasteiger partial charge in [0.15, 0.2) is 0 Å². The molecular weight excluding hydrogens is 268 g/mol. The second kappa shape index (κ2) is 7.67. The van der Waals surface area contributed by atoms with Crippen molar-refractivity contribution in [2.75, 3.05) is 13.2 Å². The number of carbonyl (C=O) groups excluding carboxylic acids is 2. The van der Waals surface area contributed by atoms with Crippen LogP contribution in [0.3, 0.4) is 0 Å². The van der Waals surface area contributed by atoms with E-state index in [4.69, 9.17) is 4.74 Å². The number of amides is 2. The molecule has 1 aliphatic rings. The van der Waals surface area contributed by atoms with E-state index in [1.54, 1.807) is 0 Å². The normalized spacial score (nSPS) is 18.0. The summed E-state index contributed by atoms with van der Waals surface area (Å²) in [5.74, 6) is 0.909. The Morgan fingerprint density at radius 1 is 1.38 bits per heavy atom. The summed E-state index contributed by atoms with van der Waals surface area (Å²) >= 11 is 0. The number of piperidine rings is 1. The van der Waals surface area contributed by atoms with Gasteiger partial charge in [-0.15, -0.1) is 0 Å². The van der Waals surface area contributed by atoms with Gasteiger partial charge < -0.3 is 15.4 Å². The molecule has 5 nitrogen and oxygen atoms in total. The molecule has 114 valence electrons. The van der Waals surface area contributed by atoms with Crippen LogP contribution in [0.25, 0.3) is 0 Å². The van der Waals surface area contributed by atoms with Crippen molar-refractivity contribution in [3.05, 3.63) is 29.8 Å². The third-order valence-corrected chi connectivity index (χ3v) is 3.47. The van der Waals surface area contributed by atoms with Crippen molar-refractivity contribution >= 4 is 11.8 Å². The SMILES string of the molecule is Cc1ccc(OCCCC(=O)NC2CCC(=O)NC2)cc1. The molecule has 0 aromatic heterocycles. The van der Waals surface area contributed by atoms with Crippen LogP contribution < -0.4 is 15.4 Å². The zero-order chi connectivity index (χ0) is 15.1. The van der Waals surface area contributed by atoms with Crippen molar-refractivity contribution < 1.29 is 14.3 Å². The molecule has 1 heterocycles. The van der Waals surface area contributed by atoms with Crippen LogP contribution in [-0.4, -0.2) is 31.0 Å². The summed E-state index contributed by atoms with van der Waals surface area (Å²) in [5, 5.41) is 5.69. The van der Waals surface area contributed by atoms with Gasteiger partial charge in [0.2, 0.25) is 11.8 Å². The van der Waals surface area contributed by atoms with E-state index in [1.165, 1.54) is 5.56 Å². The number of hydrogen-bond donors (Lipinski definition) is 2. The Morgan fingerprint density at radius 3 is 2.81 bits per heavy atom. The second-order valence-corrected chi connectivity index (χ2v) is 5.37. The number of aryl methyl sites for hydroxylation is 1. The Kier molecular flexibility index (Phi) is 5.60. The number of nitrogens with one attached hydrogen (secondary N) is 2. The van der Waals surface area contributed by atoms with Crippen molar-refractivity contribution in [3.63, 3.8) is 0 Å². The lowest BCUT2D eigenvalue weighted by Crippen LogP contribution is -2.47. The summed E-state index contributed by atoms with van der Waals surface area (Å²) in [7, 11) is 0. The fourth-order valence-corrected chi connectivity index (χ4v) is 2.21. The van der Waals surface area contributed by atoms with Crippen molar-refractivity contribution in [1.82, 2.24) is 10.6 Å². The van der Waals surface area contributed by atoms with Gasteiger partial charge in [-0.25, -0.2) is 0 Å². The van der Waals surface area contributed by atoms with E-state index in [9.17, 15) is 9.59 Å². The summed E-state index contributed by atoms with van der Waals surface area (Å²) in [5.41, 5.74) is 1.20. The second-order valence-electron chi connectivity index (χ2n) is 5.37. The maximum atomic E-state index is 11.8. The minimum atomic E-state index is 0.0173. The molecule has 0 aliphatic carbocycles. The van der Waals surface area contributed by atoms with Crippen LogP contribution in [0.2, 0.25) is 0 Å². The summed E-state index contributed by atoms with van der Waals surface area (Å²) in [6, 6.07) is 7.92. The minimum Gasteiger partial charge on any atom is -0.494 e. The number of rotatable bonds is 6. The van der Waals surface area contributed by atoms with Crippen molar-refractivity contribution in [3.8, 4) is 5.75 Å². The summed E-state index contributed by atoms with van der Waals surface area (Å²) in [4.78, 5) is 22.8. The Hall–Kier alpha value is -2.04. The van der Waals surface area contributed by atoms with Crippen LogP contribution >= 0.6 is 0 Å². The molecule has 1 aromatic rings. The lowest BCUT2D eigenvalue weighted by Gasteiger charge is -2.23. The van der Waals surface area contributed by atoms with Gasteiger partial charge in [0.25, 0.3) is 0 Å². The third kappa shape index (κ3) is 5.45. The molecular formula is C16H22N2O3. The van der Waals surface area contributed by atoms with E-state index in [0.717, 1.165) is 12.2 Å². The first-order valence-electron chi connectivity index (χ1n) is 7.39. The van der Waals surface area contributed by atoms with Crippen LogP contribution in [0.5, 0.6) is 5.75 Å². The number of carbonyl (C=O) groups is 2. The van der Waals surface area contributed by atoms with E-state index in [1.807, 2.05) is 31.2 Å². The largest absolute Gasteiger partial charge is 0.494 e. The van der Waals surface area contributed by atoms with Gasteiger partial charge in [0, 0.05) is 25.4 Å². The van der Waals surface area contributed by atoms with Crippen LogP contribution in [0.15, 0.2) is 24.3 Å². The molecule has 0 radical (unpaired) electrons. The van der Waals surface area contributed by atoms with E-state index in [0.29, 0.717) is 32.4 Å².